The fourth-order valence-corrected chi connectivity index (χ4v) is 4.96. The van der Waals surface area contributed by atoms with E-state index in [-0.39, 0.29) is 11.8 Å². The first-order valence-electron chi connectivity index (χ1n) is 13.0. The second-order valence-corrected chi connectivity index (χ2v) is 10.5. The molecule has 0 unspecified atom stereocenters. The molecule has 0 bridgehead atoms. The second kappa shape index (κ2) is 14.0. The summed E-state index contributed by atoms with van der Waals surface area (Å²) in [6.07, 6.45) is 1.62. The fourth-order valence-electron chi connectivity index (χ4n) is 4.07. The van der Waals surface area contributed by atoms with E-state index < -0.39 is 0 Å². The van der Waals surface area contributed by atoms with Crippen molar-refractivity contribution in [1.82, 2.24) is 15.2 Å². The molecule has 8 heteroatoms. The van der Waals surface area contributed by atoms with Crippen molar-refractivity contribution >= 4 is 35.1 Å². The van der Waals surface area contributed by atoms with Crippen LogP contribution in [0.15, 0.2) is 52.9 Å². The summed E-state index contributed by atoms with van der Waals surface area (Å²) in [5.74, 6) is -0.603. The van der Waals surface area contributed by atoms with Crippen LogP contribution in [0.25, 0.3) is 0 Å². The van der Waals surface area contributed by atoms with E-state index in [0.717, 1.165) is 55.0 Å². The van der Waals surface area contributed by atoms with Gasteiger partial charge in [0.05, 0.1) is 11.9 Å². The summed E-state index contributed by atoms with van der Waals surface area (Å²) in [5.41, 5.74) is 8.83. The van der Waals surface area contributed by atoms with Gasteiger partial charge in [-0.25, -0.2) is 5.43 Å². The van der Waals surface area contributed by atoms with Crippen LogP contribution in [-0.2, 0) is 6.54 Å². The Bertz CT molecular complexity index is 1280. The van der Waals surface area contributed by atoms with E-state index in [4.69, 9.17) is 0 Å². The van der Waals surface area contributed by atoms with E-state index in [2.05, 4.69) is 53.5 Å². The SMILES string of the molecule is CCN(CC)CCN(C)Cc1cccc(C(=O)Nc2c(C)csc2C(=O)NN=Cc2ccc(C)c(C)c2)c1. The summed E-state index contributed by atoms with van der Waals surface area (Å²) in [4.78, 5) is 31.1. The maximum atomic E-state index is 13.1. The Morgan fingerprint density at radius 1 is 0.947 bits per heavy atom. The van der Waals surface area contributed by atoms with E-state index in [9.17, 15) is 9.59 Å². The topological polar surface area (TPSA) is 77.0 Å². The molecule has 0 fully saturated rings. The predicted molar refractivity (Wildman–Crippen MR) is 159 cm³/mol. The van der Waals surface area contributed by atoms with Gasteiger partial charge in [0.2, 0.25) is 0 Å². The van der Waals surface area contributed by atoms with Crippen molar-refractivity contribution in [1.29, 1.82) is 0 Å². The number of nitrogens with zero attached hydrogens (tertiary/aromatic N) is 3. The average Bonchev–Trinajstić information content (AvgIpc) is 3.26. The molecule has 0 radical (unpaired) electrons. The highest BCUT2D eigenvalue weighted by Crippen LogP contribution is 2.28. The van der Waals surface area contributed by atoms with Crippen molar-refractivity contribution in [3.8, 4) is 0 Å². The van der Waals surface area contributed by atoms with E-state index in [1.54, 1.807) is 12.3 Å². The third kappa shape index (κ3) is 8.08. The molecule has 3 aromatic rings. The van der Waals surface area contributed by atoms with Crippen LogP contribution in [0.3, 0.4) is 0 Å². The number of thiophene rings is 1. The number of carbonyl (C=O) groups is 2. The van der Waals surface area contributed by atoms with Crippen LogP contribution in [0.4, 0.5) is 5.69 Å². The van der Waals surface area contributed by atoms with Crippen molar-refractivity contribution in [2.24, 2.45) is 5.10 Å². The number of aryl methyl sites for hydroxylation is 3. The molecular formula is C30H39N5O2S. The molecule has 0 saturated heterocycles. The number of benzene rings is 2. The first-order chi connectivity index (χ1) is 18.2. The standard InChI is InChI=1S/C30H39N5O2S/c1-7-35(8-2)15-14-34(6)19-25-10-9-11-26(17-25)29(36)32-27-23(5)20-38-28(27)30(37)33-31-18-24-13-12-21(3)22(4)16-24/h9-13,16-18,20H,7-8,14-15,19H2,1-6H3,(H,32,36)(H,33,37). The van der Waals surface area contributed by atoms with Gasteiger partial charge in [-0.1, -0.05) is 44.2 Å². The van der Waals surface area contributed by atoms with Gasteiger partial charge in [-0.15, -0.1) is 11.3 Å². The van der Waals surface area contributed by atoms with Gasteiger partial charge in [0.25, 0.3) is 11.8 Å². The highest BCUT2D eigenvalue weighted by Gasteiger charge is 2.19. The smallest absolute Gasteiger partial charge is 0.283 e. The zero-order valence-corrected chi connectivity index (χ0v) is 24.1. The van der Waals surface area contributed by atoms with Crippen LogP contribution in [0.5, 0.6) is 0 Å². The minimum absolute atomic E-state index is 0.244. The molecule has 1 aromatic heterocycles. The number of carbonyl (C=O) groups excluding carboxylic acids is 2. The van der Waals surface area contributed by atoms with Crippen LogP contribution < -0.4 is 10.7 Å². The Balaban J connectivity index is 1.64. The lowest BCUT2D eigenvalue weighted by Gasteiger charge is -2.23. The number of hydrogen-bond donors (Lipinski definition) is 2. The predicted octanol–water partition coefficient (Wildman–Crippen LogP) is 5.46. The van der Waals surface area contributed by atoms with Gasteiger partial charge in [-0.3, -0.25) is 9.59 Å². The fraction of sp³-hybridized carbons (Fsp3) is 0.367. The molecule has 0 aliphatic heterocycles. The number of nitrogens with one attached hydrogen (secondary N) is 2. The normalized spacial score (nSPS) is 11.5. The molecule has 202 valence electrons. The highest BCUT2D eigenvalue weighted by molar-refractivity contribution is 7.13. The van der Waals surface area contributed by atoms with Gasteiger partial charge in [0, 0.05) is 25.2 Å². The van der Waals surface area contributed by atoms with Crippen LogP contribution in [-0.4, -0.2) is 61.1 Å². The zero-order chi connectivity index (χ0) is 27.7. The molecule has 0 saturated carbocycles. The van der Waals surface area contributed by atoms with Crippen LogP contribution in [0.2, 0.25) is 0 Å². The maximum absolute atomic E-state index is 13.1. The number of anilines is 1. The Hall–Kier alpha value is -3.33. The molecule has 38 heavy (non-hydrogen) atoms. The quantitative estimate of drug-likeness (QED) is 0.239. The van der Waals surface area contributed by atoms with Crippen molar-refractivity contribution < 1.29 is 9.59 Å². The largest absolute Gasteiger partial charge is 0.320 e. The highest BCUT2D eigenvalue weighted by atomic mass is 32.1. The van der Waals surface area contributed by atoms with Crippen molar-refractivity contribution in [2.75, 3.05) is 38.5 Å². The van der Waals surface area contributed by atoms with Crippen LogP contribution in [0.1, 0.15) is 61.7 Å². The van der Waals surface area contributed by atoms with Crippen molar-refractivity contribution in [2.45, 2.75) is 41.2 Å². The summed E-state index contributed by atoms with van der Waals surface area (Å²) in [7, 11) is 2.10. The van der Waals surface area contributed by atoms with Gasteiger partial charge >= 0.3 is 0 Å². The molecule has 7 nitrogen and oxygen atoms in total. The van der Waals surface area contributed by atoms with Gasteiger partial charge in [-0.05, 0) is 86.2 Å². The third-order valence-corrected chi connectivity index (χ3v) is 7.76. The molecule has 0 aliphatic carbocycles. The maximum Gasteiger partial charge on any atom is 0.283 e. The molecule has 0 atom stereocenters. The van der Waals surface area contributed by atoms with E-state index in [1.807, 2.05) is 55.6 Å². The number of hydrogen-bond acceptors (Lipinski definition) is 6. The Morgan fingerprint density at radius 3 is 2.42 bits per heavy atom. The number of amides is 2. The summed E-state index contributed by atoms with van der Waals surface area (Å²) in [6.45, 7) is 15.1. The van der Waals surface area contributed by atoms with Crippen LogP contribution in [0, 0.1) is 20.8 Å². The van der Waals surface area contributed by atoms with E-state index >= 15 is 0 Å². The lowest BCUT2D eigenvalue weighted by Crippen LogP contribution is -2.32. The molecule has 2 N–H and O–H groups in total. The van der Waals surface area contributed by atoms with Gasteiger partial charge in [0.15, 0.2) is 0 Å². The first-order valence-corrected chi connectivity index (χ1v) is 13.9. The minimum Gasteiger partial charge on any atom is -0.320 e. The van der Waals surface area contributed by atoms with Gasteiger partial charge in [-0.2, -0.15) is 5.10 Å². The summed E-state index contributed by atoms with van der Waals surface area (Å²) >= 11 is 1.28. The monoisotopic (exact) mass is 533 g/mol. The molecular weight excluding hydrogens is 494 g/mol. The number of rotatable bonds is 12. The lowest BCUT2D eigenvalue weighted by molar-refractivity contribution is 0.0960. The van der Waals surface area contributed by atoms with Crippen molar-refractivity contribution in [3.63, 3.8) is 0 Å². The Morgan fingerprint density at radius 2 is 1.71 bits per heavy atom. The first kappa shape index (κ1) is 29.2. The van der Waals surface area contributed by atoms with Gasteiger partial charge < -0.3 is 15.1 Å². The minimum atomic E-state index is -0.359. The van der Waals surface area contributed by atoms with Crippen LogP contribution >= 0.6 is 11.3 Å². The summed E-state index contributed by atoms with van der Waals surface area (Å²) in [6, 6.07) is 13.6. The number of likely N-dealkylation sites (N-methyl/N-ethyl adjacent to an activating group) is 2. The number of hydrazone groups is 1. The molecule has 3 rings (SSSR count). The summed E-state index contributed by atoms with van der Waals surface area (Å²) < 4.78 is 0. The third-order valence-electron chi connectivity index (χ3n) is 6.66. The molecule has 0 aliphatic rings. The lowest BCUT2D eigenvalue weighted by atomic mass is 10.1. The Kier molecular flexibility index (Phi) is 10.8. The molecule has 0 spiro atoms. The zero-order valence-electron chi connectivity index (χ0n) is 23.3. The Labute approximate surface area is 230 Å². The molecule has 1 heterocycles. The molecule has 2 aromatic carbocycles. The van der Waals surface area contributed by atoms with Crippen molar-refractivity contribution in [3.05, 3.63) is 86.1 Å². The summed E-state index contributed by atoms with van der Waals surface area (Å²) in [5, 5.41) is 8.93. The van der Waals surface area contributed by atoms with E-state index in [0.29, 0.717) is 16.1 Å². The molecule has 2 amide bonds. The second-order valence-electron chi connectivity index (χ2n) is 9.58. The van der Waals surface area contributed by atoms with Gasteiger partial charge in [0.1, 0.15) is 4.88 Å². The van der Waals surface area contributed by atoms with E-state index in [1.165, 1.54) is 16.9 Å². The average molecular weight is 534 g/mol.